The predicted octanol–water partition coefficient (Wildman–Crippen LogP) is 2.50. The first-order valence-electron chi connectivity index (χ1n) is 8.75. The van der Waals surface area contributed by atoms with Crippen molar-refractivity contribution in [3.05, 3.63) is 78.4 Å². The SMILES string of the molecule is Cl.NC[C@@H]1CN(C(=O)c2ccc(-n3cnnc3)cc2)C[C@H]1c1ccccc1. The molecule has 0 spiro atoms. The Kier molecular flexibility index (Phi) is 5.88. The van der Waals surface area contributed by atoms with Crippen molar-refractivity contribution in [2.75, 3.05) is 19.6 Å². The lowest BCUT2D eigenvalue weighted by molar-refractivity contribution is 0.0786. The van der Waals surface area contributed by atoms with Crippen LogP contribution in [0.4, 0.5) is 0 Å². The average molecular weight is 384 g/mol. The number of hydrogen-bond acceptors (Lipinski definition) is 4. The molecule has 0 unspecified atom stereocenters. The van der Waals surface area contributed by atoms with E-state index in [9.17, 15) is 4.79 Å². The number of amides is 1. The first-order chi connectivity index (χ1) is 12.8. The summed E-state index contributed by atoms with van der Waals surface area (Å²) in [5.74, 6) is 0.635. The number of nitrogens with two attached hydrogens (primary N) is 1. The number of nitrogens with zero attached hydrogens (tertiary/aromatic N) is 4. The Hall–Kier alpha value is -2.70. The largest absolute Gasteiger partial charge is 0.338 e. The molecule has 0 saturated carbocycles. The fourth-order valence-electron chi connectivity index (χ4n) is 3.65. The van der Waals surface area contributed by atoms with Crippen molar-refractivity contribution >= 4 is 18.3 Å². The summed E-state index contributed by atoms with van der Waals surface area (Å²) in [7, 11) is 0. The molecule has 4 rings (SSSR count). The molecule has 1 saturated heterocycles. The van der Waals surface area contributed by atoms with E-state index in [0.29, 0.717) is 31.1 Å². The highest BCUT2D eigenvalue weighted by molar-refractivity contribution is 5.94. The zero-order valence-electron chi connectivity index (χ0n) is 14.8. The van der Waals surface area contributed by atoms with Crippen LogP contribution >= 0.6 is 12.4 Å². The number of rotatable bonds is 4. The maximum atomic E-state index is 12.9. The number of hydrogen-bond donors (Lipinski definition) is 1. The van der Waals surface area contributed by atoms with Crippen LogP contribution in [-0.2, 0) is 0 Å². The highest BCUT2D eigenvalue weighted by Gasteiger charge is 2.35. The monoisotopic (exact) mass is 383 g/mol. The minimum Gasteiger partial charge on any atom is -0.338 e. The maximum Gasteiger partial charge on any atom is 0.253 e. The molecule has 27 heavy (non-hydrogen) atoms. The molecule has 1 aliphatic rings. The van der Waals surface area contributed by atoms with E-state index in [1.807, 2.05) is 47.4 Å². The van der Waals surface area contributed by atoms with E-state index in [1.165, 1.54) is 5.56 Å². The topological polar surface area (TPSA) is 77.0 Å². The normalized spacial score (nSPS) is 18.9. The van der Waals surface area contributed by atoms with Gasteiger partial charge in [0.25, 0.3) is 5.91 Å². The molecule has 0 aliphatic carbocycles. The minimum absolute atomic E-state index is 0. The molecule has 1 fully saturated rings. The number of carbonyl (C=O) groups is 1. The van der Waals surface area contributed by atoms with Gasteiger partial charge in [-0.1, -0.05) is 30.3 Å². The summed E-state index contributed by atoms with van der Waals surface area (Å²) in [6.07, 6.45) is 3.27. The molecular weight excluding hydrogens is 362 g/mol. The van der Waals surface area contributed by atoms with Gasteiger partial charge in [-0.3, -0.25) is 9.36 Å². The number of halogens is 1. The molecule has 1 aromatic heterocycles. The highest BCUT2D eigenvalue weighted by Crippen LogP contribution is 2.32. The lowest BCUT2D eigenvalue weighted by Gasteiger charge is -2.17. The van der Waals surface area contributed by atoms with Crippen LogP contribution in [0.25, 0.3) is 5.69 Å². The van der Waals surface area contributed by atoms with Gasteiger partial charge in [0.15, 0.2) is 0 Å². The third kappa shape index (κ3) is 3.86. The number of benzene rings is 2. The van der Waals surface area contributed by atoms with Crippen LogP contribution in [-0.4, -0.2) is 45.2 Å². The Morgan fingerprint density at radius 1 is 1.00 bits per heavy atom. The zero-order chi connectivity index (χ0) is 17.9. The lowest BCUT2D eigenvalue weighted by Crippen LogP contribution is -2.29. The Bertz CT molecular complexity index is 867. The average Bonchev–Trinajstić information content (AvgIpc) is 3.38. The van der Waals surface area contributed by atoms with Crippen molar-refractivity contribution < 1.29 is 4.79 Å². The second-order valence-electron chi connectivity index (χ2n) is 6.64. The van der Waals surface area contributed by atoms with Gasteiger partial charge in [-0.2, -0.15) is 0 Å². The Morgan fingerprint density at radius 3 is 2.30 bits per heavy atom. The van der Waals surface area contributed by atoms with E-state index in [1.54, 1.807) is 17.2 Å². The molecule has 1 amide bonds. The van der Waals surface area contributed by atoms with Crippen LogP contribution in [0.2, 0.25) is 0 Å². The molecule has 7 heteroatoms. The third-order valence-electron chi connectivity index (χ3n) is 5.09. The van der Waals surface area contributed by atoms with Crippen molar-refractivity contribution in [3.8, 4) is 5.69 Å². The summed E-state index contributed by atoms with van der Waals surface area (Å²) >= 11 is 0. The van der Waals surface area contributed by atoms with Crippen LogP contribution in [0.1, 0.15) is 21.8 Å². The maximum absolute atomic E-state index is 12.9. The van der Waals surface area contributed by atoms with Gasteiger partial charge in [-0.05, 0) is 42.3 Å². The summed E-state index contributed by atoms with van der Waals surface area (Å²) in [6, 6.07) is 17.8. The highest BCUT2D eigenvalue weighted by atomic mass is 35.5. The Morgan fingerprint density at radius 2 is 1.67 bits per heavy atom. The van der Waals surface area contributed by atoms with Crippen molar-refractivity contribution in [2.24, 2.45) is 11.7 Å². The van der Waals surface area contributed by atoms with Gasteiger partial charge >= 0.3 is 0 Å². The summed E-state index contributed by atoms with van der Waals surface area (Å²) in [4.78, 5) is 14.9. The first-order valence-corrected chi connectivity index (χ1v) is 8.75. The zero-order valence-corrected chi connectivity index (χ0v) is 15.6. The smallest absolute Gasteiger partial charge is 0.253 e. The van der Waals surface area contributed by atoms with Crippen molar-refractivity contribution in [1.82, 2.24) is 19.7 Å². The standard InChI is InChI=1S/C20H21N5O.ClH/c21-10-17-11-24(12-19(17)15-4-2-1-3-5-15)20(26)16-6-8-18(9-7-16)25-13-22-23-14-25;/h1-9,13-14,17,19H,10-12,21H2;1H/t17-,19+;/m1./s1. The summed E-state index contributed by atoms with van der Waals surface area (Å²) in [5, 5.41) is 7.60. The van der Waals surface area contributed by atoms with E-state index < -0.39 is 0 Å². The molecule has 2 heterocycles. The summed E-state index contributed by atoms with van der Waals surface area (Å²) < 4.78 is 1.81. The first kappa shape index (κ1) is 19.1. The van der Waals surface area contributed by atoms with Crippen LogP contribution in [0, 0.1) is 5.92 Å². The molecule has 2 atom stereocenters. The molecule has 2 aromatic carbocycles. The van der Waals surface area contributed by atoms with Crippen molar-refractivity contribution in [3.63, 3.8) is 0 Å². The van der Waals surface area contributed by atoms with Gasteiger partial charge in [-0.25, -0.2) is 0 Å². The van der Waals surface area contributed by atoms with Crippen LogP contribution in [0.15, 0.2) is 67.3 Å². The fraction of sp³-hybridized carbons (Fsp3) is 0.250. The number of aromatic nitrogens is 3. The van der Waals surface area contributed by atoms with E-state index >= 15 is 0 Å². The van der Waals surface area contributed by atoms with Gasteiger partial charge in [0.1, 0.15) is 12.7 Å². The van der Waals surface area contributed by atoms with Crippen molar-refractivity contribution in [2.45, 2.75) is 5.92 Å². The lowest BCUT2D eigenvalue weighted by atomic mass is 9.89. The Balaban J connectivity index is 0.00000210. The number of carbonyl (C=O) groups excluding carboxylic acids is 1. The van der Waals surface area contributed by atoms with Gasteiger partial charge in [0.2, 0.25) is 0 Å². The van der Waals surface area contributed by atoms with Gasteiger partial charge < -0.3 is 10.6 Å². The van der Waals surface area contributed by atoms with Gasteiger partial charge in [-0.15, -0.1) is 22.6 Å². The molecule has 140 valence electrons. The molecule has 3 aromatic rings. The molecular formula is C20H22ClN5O. The van der Waals surface area contributed by atoms with E-state index in [4.69, 9.17) is 5.73 Å². The summed E-state index contributed by atoms with van der Waals surface area (Å²) in [6.45, 7) is 1.98. The van der Waals surface area contributed by atoms with Gasteiger partial charge in [0, 0.05) is 30.3 Å². The molecule has 1 aliphatic heterocycles. The molecule has 2 N–H and O–H groups in total. The third-order valence-corrected chi connectivity index (χ3v) is 5.09. The van der Waals surface area contributed by atoms with Crippen LogP contribution < -0.4 is 5.73 Å². The van der Waals surface area contributed by atoms with E-state index in [-0.39, 0.29) is 24.2 Å². The summed E-state index contributed by atoms with van der Waals surface area (Å²) in [5.41, 5.74) is 8.85. The van der Waals surface area contributed by atoms with Gasteiger partial charge in [0.05, 0.1) is 0 Å². The second kappa shape index (κ2) is 8.33. The van der Waals surface area contributed by atoms with E-state index in [2.05, 4.69) is 22.3 Å². The Labute approximate surface area is 164 Å². The second-order valence-corrected chi connectivity index (χ2v) is 6.64. The molecule has 0 bridgehead atoms. The minimum atomic E-state index is 0. The van der Waals surface area contributed by atoms with Crippen molar-refractivity contribution in [1.29, 1.82) is 0 Å². The van der Waals surface area contributed by atoms with Crippen LogP contribution in [0.5, 0.6) is 0 Å². The van der Waals surface area contributed by atoms with Crippen LogP contribution in [0.3, 0.4) is 0 Å². The predicted molar refractivity (Wildman–Crippen MR) is 106 cm³/mol. The molecule has 6 nitrogen and oxygen atoms in total. The quantitative estimate of drug-likeness (QED) is 0.750. The molecule has 0 radical (unpaired) electrons. The van der Waals surface area contributed by atoms with E-state index in [0.717, 1.165) is 5.69 Å². The number of likely N-dealkylation sites (tertiary alicyclic amines) is 1. The fourth-order valence-corrected chi connectivity index (χ4v) is 3.65.